The smallest absolute Gasteiger partial charge is 0.166 e. The lowest BCUT2D eigenvalue weighted by atomic mass is 10.0. The maximum atomic E-state index is 12.0. The van der Waals surface area contributed by atoms with Gasteiger partial charge in [0, 0.05) is 11.5 Å². The first kappa shape index (κ1) is 10.1. The molecule has 1 atom stereocenters. The van der Waals surface area contributed by atoms with Crippen molar-refractivity contribution in [2.24, 2.45) is 5.92 Å². The first-order chi connectivity index (χ1) is 4.93. The highest BCUT2D eigenvalue weighted by atomic mass is 19.4. The summed E-state index contributed by atoms with van der Waals surface area (Å²) >= 11 is 0. The van der Waals surface area contributed by atoms with Crippen molar-refractivity contribution in [2.45, 2.75) is 20.0 Å². The number of alkyl halides is 3. The lowest BCUT2D eigenvalue weighted by Crippen LogP contribution is -2.16. The molecule has 62 valence electrons. The minimum atomic E-state index is -4.29. The summed E-state index contributed by atoms with van der Waals surface area (Å²) in [6.45, 7) is 2.68. The van der Waals surface area contributed by atoms with Crippen molar-refractivity contribution in [1.82, 2.24) is 0 Å². The minimum Gasteiger partial charge on any atom is -0.166 e. The summed E-state index contributed by atoms with van der Waals surface area (Å²) in [4.78, 5) is 0. The largest absolute Gasteiger partial charge is 0.413 e. The van der Waals surface area contributed by atoms with Crippen LogP contribution in [0, 0.1) is 18.3 Å². The van der Waals surface area contributed by atoms with E-state index in [0.29, 0.717) is 0 Å². The van der Waals surface area contributed by atoms with Crippen LogP contribution in [0.1, 0.15) is 13.8 Å². The van der Waals surface area contributed by atoms with Crippen molar-refractivity contribution in [3.8, 4) is 12.3 Å². The Bertz CT molecular complexity index is 192. The molecule has 0 aliphatic rings. The fourth-order valence-corrected chi connectivity index (χ4v) is 0.749. The van der Waals surface area contributed by atoms with E-state index in [2.05, 4.69) is 0 Å². The maximum absolute atomic E-state index is 12.0. The van der Waals surface area contributed by atoms with Gasteiger partial charge in [0.25, 0.3) is 0 Å². The number of hydrogen-bond donors (Lipinski definition) is 0. The normalized spacial score (nSPS) is 15.8. The Labute approximate surface area is 64.1 Å². The van der Waals surface area contributed by atoms with Gasteiger partial charge in [-0.05, 0) is 13.8 Å². The van der Waals surface area contributed by atoms with Gasteiger partial charge in [0.2, 0.25) is 0 Å². The predicted molar refractivity (Wildman–Crippen MR) is 37.8 cm³/mol. The molecule has 0 aromatic carbocycles. The molecule has 0 spiro atoms. The molecule has 11 heavy (non-hydrogen) atoms. The van der Waals surface area contributed by atoms with E-state index in [-0.39, 0.29) is 0 Å². The molecule has 0 aromatic rings. The van der Waals surface area contributed by atoms with Gasteiger partial charge in [0.1, 0.15) is 0 Å². The highest BCUT2D eigenvalue weighted by Crippen LogP contribution is 2.30. The zero-order valence-corrected chi connectivity index (χ0v) is 6.37. The third-order valence-corrected chi connectivity index (χ3v) is 1.35. The molecule has 0 saturated carbocycles. The van der Waals surface area contributed by atoms with Crippen LogP contribution in [0.2, 0.25) is 0 Å². The van der Waals surface area contributed by atoms with Crippen LogP contribution >= 0.6 is 0 Å². The second-order valence-corrected chi connectivity index (χ2v) is 2.13. The van der Waals surface area contributed by atoms with Crippen molar-refractivity contribution >= 4 is 0 Å². The monoisotopic (exact) mass is 162 g/mol. The van der Waals surface area contributed by atoms with Gasteiger partial charge in [-0.1, -0.05) is 12.0 Å². The van der Waals surface area contributed by atoms with Crippen LogP contribution in [0.25, 0.3) is 0 Å². The highest BCUT2D eigenvalue weighted by molar-refractivity contribution is 5.19. The van der Waals surface area contributed by atoms with E-state index in [0.717, 1.165) is 6.08 Å². The Morgan fingerprint density at radius 2 is 2.00 bits per heavy atom. The zero-order chi connectivity index (χ0) is 9.07. The van der Waals surface area contributed by atoms with Crippen molar-refractivity contribution < 1.29 is 13.2 Å². The van der Waals surface area contributed by atoms with E-state index in [9.17, 15) is 13.2 Å². The summed E-state index contributed by atoms with van der Waals surface area (Å²) in [5.74, 6) is 1.17. The van der Waals surface area contributed by atoms with Crippen molar-refractivity contribution in [2.75, 3.05) is 0 Å². The van der Waals surface area contributed by atoms with Crippen LogP contribution in [0.5, 0.6) is 0 Å². The summed E-state index contributed by atoms with van der Waals surface area (Å²) in [6.07, 6.45) is 1.57. The molecule has 0 fully saturated rings. The molecule has 0 nitrogen and oxygen atoms in total. The Hall–Kier alpha value is -0.910. The maximum Gasteiger partial charge on any atom is 0.413 e. The van der Waals surface area contributed by atoms with Crippen LogP contribution < -0.4 is 0 Å². The second-order valence-electron chi connectivity index (χ2n) is 2.13. The molecule has 0 bridgehead atoms. The van der Waals surface area contributed by atoms with Crippen LogP contribution in [0.3, 0.4) is 0 Å². The van der Waals surface area contributed by atoms with Crippen LogP contribution in [0.15, 0.2) is 11.6 Å². The van der Waals surface area contributed by atoms with Gasteiger partial charge in [-0.3, -0.25) is 0 Å². The third kappa shape index (κ3) is 2.67. The van der Waals surface area contributed by atoms with Crippen molar-refractivity contribution in [3.63, 3.8) is 0 Å². The van der Waals surface area contributed by atoms with Crippen molar-refractivity contribution in [1.29, 1.82) is 0 Å². The Balaban J connectivity index is 4.61. The van der Waals surface area contributed by atoms with Crippen LogP contribution in [-0.4, -0.2) is 6.18 Å². The van der Waals surface area contributed by atoms with Crippen LogP contribution in [-0.2, 0) is 0 Å². The SMILES string of the molecule is C#CC(C)/C(=C\C)C(F)(F)F. The van der Waals surface area contributed by atoms with Gasteiger partial charge >= 0.3 is 6.18 Å². The minimum absolute atomic E-state index is 0.653. The number of rotatable bonds is 1. The molecule has 1 unspecified atom stereocenters. The summed E-state index contributed by atoms with van der Waals surface area (Å²) in [7, 11) is 0. The van der Waals surface area contributed by atoms with Gasteiger partial charge in [-0.25, -0.2) is 0 Å². The number of terminal acetylenes is 1. The molecule has 0 radical (unpaired) electrons. The highest BCUT2D eigenvalue weighted by Gasteiger charge is 2.35. The lowest BCUT2D eigenvalue weighted by Gasteiger charge is -2.13. The van der Waals surface area contributed by atoms with Gasteiger partial charge in [-0.15, -0.1) is 6.42 Å². The topological polar surface area (TPSA) is 0 Å². The summed E-state index contributed by atoms with van der Waals surface area (Å²) in [5, 5.41) is 0. The van der Waals surface area contributed by atoms with Gasteiger partial charge < -0.3 is 0 Å². The molecule has 0 amide bonds. The van der Waals surface area contributed by atoms with E-state index < -0.39 is 17.7 Å². The van der Waals surface area contributed by atoms with E-state index in [1.165, 1.54) is 13.8 Å². The van der Waals surface area contributed by atoms with E-state index in [1.807, 2.05) is 5.92 Å². The summed E-state index contributed by atoms with van der Waals surface area (Å²) in [6, 6.07) is 0. The van der Waals surface area contributed by atoms with Gasteiger partial charge in [0.15, 0.2) is 0 Å². The first-order valence-corrected chi connectivity index (χ1v) is 3.13. The zero-order valence-electron chi connectivity index (χ0n) is 6.37. The summed E-state index contributed by atoms with van der Waals surface area (Å²) < 4.78 is 36.0. The second kappa shape index (κ2) is 3.47. The molecular weight excluding hydrogens is 153 g/mol. The van der Waals surface area contributed by atoms with E-state index in [4.69, 9.17) is 6.42 Å². The predicted octanol–water partition coefficient (Wildman–Crippen LogP) is 2.76. The Kier molecular flexibility index (Phi) is 3.18. The third-order valence-electron chi connectivity index (χ3n) is 1.35. The van der Waals surface area contributed by atoms with Crippen LogP contribution in [0.4, 0.5) is 13.2 Å². The first-order valence-electron chi connectivity index (χ1n) is 3.13. The number of halogens is 3. The Morgan fingerprint density at radius 1 is 1.55 bits per heavy atom. The lowest BCUT2D eigenvalue weighted by molar-refractivity contribution is -0.0963. The molecule has 0 aliphatic heterocycles. The Morgan fingerprint density at radius 3 is 2.09 bits per heavy atom. The number of hydrogen-bond acceptors (Lipinski definition) is 0. The fourth-order valence-electron chi connectivity index (χ4n) is 0.749. The fraction of sp³-hybridized carbons (Fsp3) is 0.500. The molecule has 0 aromatic heterocycles. The molecule has 0 rings (SSSR count). The molecule has 0 aliphatic carbocycles. The van der Waals surface area contributed by atoms with Crippen molar-refractivity contribution in [3.05, 3.63) is 11.6 Å². The number of allylic oxidation sites excluding steroid dienone is 2. The quantitative estimate of drug-likeness (QED) is 0.411. The van der Waals surface area contributed by atoms with Gasteiger partial charge in [-0.2, -0.15) is 13.2 Å². The van der Waals surface area contributed by atoms with E-state index >= 15 is 0 Å². The molecule has 3 heteroatoms. The average Bonchev–Trinajstić information content (AvgIpc) is 1.86. The van der Waals surface area contributed by atoms with E-state index in [1.54, 1.807) is 0 Å². The standard InChI is InChI=1S/C8H9F3/c1-4-6(3)7(5-2)8(9,10)11/h1,5-6H,2-3H3/b7-5+. The molecule has 0 heterocycles. The molecule has 0 saturated heterocycles. The van der Waals surface area contributed by atoms with Gasteiger partial charge in [0.05, 0.1) is 0 Å². The molecule has 0 N–H and O–H groups in total. The average molecular weight is 162 g/mol. The molecular formula is C8H9F3. The summed E-state index contributed by atoms with van der Waals surface area (Å²) in [5.41, 5.74) is -0.653.